The number of halogens is 2. The van der Waals surface area contributed by atoms with Crippen LogP contribution in [0.1, 0.15) is 36.8 Å². The number of piperidine rings is 1. The minimum absolute atomic E-state index is 0.120. The summed E-state index contributed by atoms with van der Waals surface area (Å²) in [6.07, 6.45) is 6.87. The third kappa shape index (κ3) is 3.07. The van der Waals surface area contributed by atoms with Gasteiger partial charge in [0.2, 0.25) is 0 Å². The topological polar surface area (TPSA) is 3.24 Å². The van der Waals surface area contributed by atoms with E-state index in [1.807, 2.05) is 6.07 Å². The van der Waals surface area contributed by atoms with Crippen LogP contribution in [-0.4, -0.2) is 17.0 Å². The lowest BCUT2D eigenvalue weighted by Gasteiger charge is -2.45. The van der Waals surface area contributed by atoms with Crippen molar-refractivity contribution >= 4 is 21.5 Å². The summed E-state index contributed by atoms with van der Waals surface area (Å²) in [5, 5.41) is 0. The Bertz CT molecular complexity index is 735. The third-order valence-corrected chi connectivity index (χ3v) is 5.93. The van der Waals surface area contributed by atoms with Crippen LogP contribution < -0.4 is 0 Å². The fourth-order valence-electron chi connectivity index (χ4n) is 4.15. The molecular weight excluding hydrogens is 365 g/mol. The number of fused-ring (bicyclic) bond motifs is 2. The molecule has 0 amide bonds. The molecule has 1 nitrogen and oxygen atoms in total. The number of hydrogen-bond acceptors (Lipinski definition) is 1. The van der Waals surface area contributed by atoms with Crippen LogP contribution in [0.4, 0.5) is 4.39 Å². The average molecular weight is 386 g/mol. The van der Waals surface area contributed by atoms with Crippen molar-refractivity contribution in [1.82, 2.24) is 4.90 Å². The molecule has 2 unspecified atom stereocenters. The van der Waals surface area contributed by atoms with Gasteiger partial charge in [-0.3, -0.25) is 4.90 Å². The smallest absolute Gasteiger partial charge is 0.131 e. The molecule has 1 fully saturated rings. The highest BCUT2D eigenvalue weighted by molar-refractivity contribution is 9.10. The van der Waals surface area contributed by atoms with Crippen molar-refractivity contribution in [2.24, 2.45) is 0 Å². The molecule has 2 atom stereocenters. The summed E-state index contributed by atoms with van der Waals surface area (Å²) in [4.78, 5) is 2.61. The summed E-state index contributed by atoms with van der Waals surface area (Å²) in [6, 6.07) is 16.8. The zero-order valence-corrected chi connectivity index (χ0v) is 15.2. The Morgan fingerprint density at radius 2 is 1.88 bits per heavy atom. The van der Waals surface area contributed by atoms with E-state index in [0.717, 1.165) is 23.0 Å². The van der Waals surface area contributed by atoms with Crippen LogP contribution in [0.15, 0.2) is 59.1 Å². The molecule has 2 aromatic rings. The minimum atomic E-state index is -0.120. The van der Waals surface area contributed by atoms with Gasteiger partial charge >= 0.3 is 0 Å². The van der Waals surface area contributed by atoms with Crippen LogP contribution in [-0.2, 0) is 6.54 Å². The van der Waals surface area contributed by atoms with Crippen LogP contribution in [0.5, 0.6) is 0 Å². The van der Waals surface area contributed by atoms with E-state index in [1.165, 1.54) is 30.4 Å². The van der Waals surface area contributed by atoms with Crippen molar-refractivity contribution in [3.05, 3.63) is 76.0 Å². The highest BCUT2D eigenvalue weighted by Crippen LogP contribution is 2.40. The summed E-state index contributed by atoms with van der Waals surface area (Å²) in [5.74, 6) is -0.120. The standard InChI is InChI=1S/C21H21BrFN/c22-19-10-5-11-20(23)21(19)16-12-17-8-4-9-18(13-16)24(17)14-15-6-2-1-3-7-15/h1-3,5-7,10-12,17-18H,4,8-9,13-14H2. The van der Waals surface area contributed by atoms with E-state index < -0.39 is 0 Å². The van der Waals surface area contributed by atoms with Gasteiger partial charge in [-0.2, -0.15) is 0 Å². The zero-order chi connectivity index (χ0) is 16.5. The maximum Gasteiger partial charge on any atom is 0.131 e. The summed E-state index contributed by atoms with van der Waals surface area (Å²) in [7, 11) is 0. The molecule has 124 valence electrons. The van der Waals surface area contributed by atoms with Crippen LogP contribution in [0, 0.1) is 5.82 Å². The molecule has 0 saturated carbocycles. The first kappa shape index (κ1) is 16.0. The normalized spacial score (nSPS) is 23.8. The molecule has 2 aliphatic heterocycles. The van der Waals surface area contributed by atoms with Gasteiger partial charge in [0.1, 0.15) is 5.82 Å². The molecule has 0 radical (unpaired) electrons. The molecule has 2 bridgehead atoms. The van der Waals surface area contributed by atoms with Crippen LogP contribution >= 0.6 is 15.9 Å². The molecule has 2 aliphatic rings. The number of benzene rings is 2. The van der Waals surface area contributed by atoms with Crippen LogP contribution in [0.25, 0.3) is 5.57 Å². The van der Waals surface area contributed by atoms with Gasteiger partial charge in [-0.1, -0.05) is 64.8 Å². The van der Waals surface area contributed by atoms with Gasteiger partial charge in [-0.05, 0) is 42.5 Å². The monoisotopic (exact) mass is 385 g/mol. The van der Waals surface area contributed by atoms with Gasteiger partial charge < -0.3 is 0 Å². The lowest BCUT2D eigenvalue weighted by Crippen LogP contribution is -2.47. The van der Waals surface area contributed by atoms with Gasteiger partial charge in [-0.25, -0.2) is 4.39 Å². The fourth-order valence-corrected chi connectivity index (χ4v) is 4.74. The zero-order valence-electron chi connectivity index (χ0n) is 13.6. The van der Waals surface area contributed by atoms with E-state index in [4.69, 9.17) is 0 Å². The molecule has 2 aromatic carbocycles. The van der Waals surface area contributed by atoms with Crippen LogP contribution in [0.2, 0.25) is 0 Å². The van der Waals surface area contributed by atoms with E-state index in [-0.39, 0.29) is 5.82 Å². The number of hydrogen-bond donors (Lipinski definition) is 0. The highest BCUT2D eigenvalue weighted by atomic mass is 79.9. The van der Waals surface area contributed by atoms with E-state index in [1.54, 1.807) is 12.1 Å². The van der Waals surface area contributed by atoms with Gasteiger partial charge in [0.15, 0.2) is 0 Å². The predicted molar refractivity (Wildman–Crippen MR) is 100 cm³/mol. The van der Waals surface area contributed by atoms with Gasteiger partial charge in [0.05, 0.1) is 0 Å². The Labute approximate surface area is 151 Å². The largest absolute Gasteiger partial charge is 0.289 e. The SMILES string of the molecule is Fc1cccc(Br)c1C1=CC2CCCC(C1)N2Cc1ccccc1. The second kappa shape index (κ2) is 6.81. The third-order valence-electron chi connectivity index (χ3n) is 5.27. The molecule has 2 heterocycles. The van der Waals surface area contributed by atoms with E-state index in [9.17, 15) is 4.39 Å². The van der Waals surface area contributed by atoms with Crippen molar-refractivity contribution in [1.29, 1.82) is 0 Å². The average Bonchev–Trinajstić information content (AvgIpc) is 2.56. The molecule has 0 aliphatic carbocycles. The fraction of sp³-hybridized carbons (Fsp3) is 0.333. The number of rotatable bonds is 3. The molecule has 1 saturated heterocycles. The van der Waals surface area contributed by atoms with Crippen molar-refractivity contribution < 1.29 is 4.39 Å². The minimum Gasteiger partial charge on any atom is -0.289 e. The number of nitrogens with zero attached hydrogens (tertiary/aromatic N) is 1. The summed E-state index contributed by atoms with van der Waals surface area (Å²) in [5.41, 5.74) is 3.28. The lowest BCUT2D eigenvalue weighted by atomic mass is 9.82. The maximum absolute atomic E-state index is 14.4. The summed E-state index contributed by atoms with van der Waals surface area (Å²) < 4.78 is 15.2. The van der Waals surface area contributed by atoms with Gasteiger partial charge in [0, 0.05) is 28.7 Å². The van der Waals surface area contributed by atoms with Crippen molar-refractivity contribution in [3.63, 3.8) is 0 Å². The van der Waals surface area contributed by atoms with E-state index in [2.05, 4.69) is 57.2 Å². The Kier molecular flexibility index (Phi) is 4.55. The Balaban J connectivity index is 1.65. The summed E-state index contributed by atoms with van der Waals surface area (Å²) in [6.45, 7) is 0.985. The summed E-state index contributed by atoms with van der Waals surface area (Å²) >= 11 is 3.54. The van der Waals surface area contributed by atoms with Crippen molar-refractivity contribution in [3.8, 4) is 0 Å². The second-order valence-electron chi connectivity index (χ2n) is 6.80. The van der Waals surface area contributed by atoms with Gasteiger partial charge in [-0.15, -0.1) is 0 Å². The van der Waals surface area contributed by atoms with Crippen molar-refractivity contribution in [2.45, 2.75) is 44.3 Å². The van der Waals surface area contributed by atoms with E-state index in [0.29, 0.717) is 12.1 Å². The Morgan fingerprint density at radius 3 is 2.62 bits per heavy atom. The first-order chi connectivity index (χ1) is 11.7. The Hall–Kier alpha value is -1.45. The first-order valence-corrected chi connectivity index (χ1v) is 9.46. The maximum atomic E-state index is 14.4. The quantitative estimate of drug-likeness (QED) is 0.645. The molecule has 0 N–H and O–H groups in total. The highest BCUT2D eigenvalue weighted by Gasteiger charge is 2.34. The molecule has 4 rings (SSSR count). The van der Waals surface area contributed by atoms with E-state index >= 15 is 0 Å². The first-order valence-electron chi connectivity index (χ1n) is 8.67. The van der Waals surface area contributed by atoms with Gasteiger partial charge in [0.25, 0.3) is 0 Å². The molecule has 0 aromatic heterocycles. The van der Waals surface area contributed by atoms with Crippen LogP contribution in [0.3, 0.4) is 0 Å². The van der Waals surface area contributed by atoms with Crippen molar-refractivity contribution in [2.75, 3.05) is 0 Å². The Morgan fingerprint density at radius 1 is 1.04 bits per heavy atom. The molecule has 3 heteroatoms. The molecular formula is C21H21BrFN. The molecule has 0 spiro atoms. The second-order valence-corrected chi connectivity index (χ2v) is 7.66. The molecule has 24 heavy (non-hydrogen) atoms. The predicted octanol–water partition coefficient (Wildman–Crippen LogP) is 5.80. The lowest BCUT2D eigenvalue weighted by molar-refractivity contribution is 0.0950.